The molecule has 0 aliphatic carbocycles. The van der Waals surface area contributed by atoms with Crippen LogP contribution in [0.25, 0.3) is 0 Å². The zero-order valence-corrected chi connectivity index (χ0v) is 9.94. The summed E-state index contributed by atoms with van der Waals surface area (Å²) in [6.07, 6.45) is -1.53. The van der Waals surface area contributed by atoms with Crippen molar-refractivity contribution in [2.75, 3.05) is 0 Å². The molecule has 0 saturated carbocycles. The first-order chi connectivity index (χ1) is 8.45. The van der Waals surface area contributed by atoms with Crippen LogP contribution in [0.2, 0.25) is 0 Å². The van der Waals surface area contributed by atoms with Gasteiger partial charge in [0, 0.05) is 0 Å². The molecule has 2 aromatic rings. The van der Waals surface area contributed by atoms with Gasteiger partial charge in [-0.3, -0.25) is 0 Å². The average Bonchev–Trinajstić information content (AvgIpc) is 2.89. The topological polar surface area (TPSA) is 69.6 Å². The van der Waals surface area contributed by atoms with Crippen molar-refractivity contribution in [1.29, 1.82) is 0 Å². The third-order valence-corrected chi connectivity index (χ3v) is 2.94. The lowest BCUT2D eigenvalue weighted by atomic mass is 10.5. The van der Waals surface area contributed by atoms with E-state index in [2.05, 4.69) is 20.3 Å². The van der Waals surface area contributed by atoms with Crippen molar-refractivity contribution in [3.63, 3.8) is 0 Å². The summed E-state index contributed by atoms with van der Waals surface area (Å²) >= 11 is 0.473. The molecule has 1 atom stereocenters. The molecule has 18 heavy (non-hydrogen) atoms. The van der Waals surface area contributed by atoms with Crippen molar-refractivity contribution in [2.24, 2.45) is 0 Å². The van der Waals surface area contributed by atoms with Crippen LogP contribution in [-0.4, -0.2) is 36.4 Å². The molecule has 0 fully saturated rings. The number of halogens is 3. The molecule has 0 spiro atoms. The van der Waals surface area contributed by atoms with Crippen LogP contribution in [0.1, 0.15) is 12.8 Å². The quantitative estimate of drug-likeness (QED) is 0.794. The Kier molecular flexibility index (Phi) is 3.55. The maximum Gasteiger partial charge on any atom is 0.400 e. The zero-order chi connectivity index (χ0) is 13.2. The maximum absolute atomic E-state index is 12.3. The Morgan fingerprint density at radius 1 is 1.44 bits per heavy atom. The van der Waals surface area contributed by atoms with Gasteiger partial charge in [-0.2, -0.15) is 18.3 Å². The Balaban J connectivity index is 1.98. The minimum atomic E-state index is -4.30. The normalized spacial score (nSPS) is 13.8. The fourth-order valence-electron chi connectivity index (χ4n) is 1.02. The summed E-state index contributed by atoms with van der Waals surface area (Å²) in [5.41, 5.74) is 0. The third-order valence-electron chi connectivity index (χ3n) is 1.95. The summed E-state index contributed by atoms with van der Waals surface area (Å²) < 4.78 is 43.4. The molecule has 0 saturated heterocycles. The zero-order valence-electron chi connectivity index (χ0n) is 9.13. The molecule has 10 heteroatoms. The summed E-state index contributed by atoms with van der Waals surface area (Å²) in [7, 11) is 0. The Hall–Kier alpha value is -1.58. The first-order valence-corrected chi connectivity index (χ1v) is 5.71. The van der Waals surface area contributed by atoms with E-state index in [0.29, 0.717) is 11.8 Å². The molecule has 0 aliphatic rings. The fraction of sp³-hybridized carbons (Fsp3) is 0.500. The highest BCUT2D eigenvalue weighted by molar-refractivity contribution is 7.99. The molecule has 98 valence electrons. The van der Waals surface area contributed by atoms with Crippen molar-refractivity contribution < 1.29 is 17.6 Å². The standard InChI is InChI=1S/C8H8F3N5OS/c1-5(8(9,10)11)18-7-15-14-6(17-7)2-16-4-12-3-13-16/h3-5H,2H2,1H3/t5-/m1/s1. The molecular formula is C8H8F3N5OS. The lowest BCUT2D eigenvalue weighted by molar-refractivity contribution is -0.125. The number of rotatable bonds is 4. The lowest BCUT2D eigenvalue weighted by Crippen LogP contribution is -2.21. The molecule has 0 N–H and O–H groups in total. The molecule has 0 amide bonds. The smallest absolute Gasteiger partial charge is 0.400 e. The highest BCUT2D eigenvalue weighted by Crippen LogP contribution is 2.33. The van der Waals surface area contributed by atoms with Gasteiger partial charge in [0.05, 0.1) is 0 Å². The van der Waals surface area contributed by atoms with Crippen LogP contribution in [0.4, 0.5) is 13.2 Å². The second-order valence-corrected chi connectivity index (χ2v) is 4.65. The molecule has 2 aromatic heterocycles. The van der Waals surface area contributed by atoms with E-state index < -0.39 is 11.4 Å². The van der Waals surface area contributed by atoms with Crippen molar-refractivity contribution in [3.8, 4) is 0 Å². The Morgan fingerprint density at radius 3 is 2.83 bits per heavy atom. The SMILES string of the molecule is C[C@@H](Sc1nnc(Cn2cncn2)o1)C(F)(F)F. The largest absolute Gasteiger partial charge is 0.414 e. The maximum atomic E-state index is 12.3. The second-order valence-electron chi connectivity index (χ2n) is 3.36. The van der Waals surface area contributed by atoms with Gasteiger partial charge in [-0.25, -0.2) is 9.67 Å². The van der Waals surface area contributed by atoms with Crippen LogP contribution >= 0.6 is 11.8 Å². The monoisotopic (exact) mass is 279 g/mol. The summed E-state index contributed by atoms with van der Waals surface area (Å²) in [5, 5.41) is 9.26. The molecule has 0 aliphatic heterocycles. The molecule has 0 unspecified atom stereocenters. The van der Waals surface area contributed by atoms with Gasteiger partial charge in [0.25, 0.3) is 5.22 Å². The Morgan fingerprint density at radius 2 is 2.22 bits per heavy atom. The van der Waals surface area contributed by atoms with Crippen LogP contribution in [0.5, 0.6) is 0 Å². The summed E-state index contributed by atoms with van der Waals surface area (Å²) in [6.45, 7) is 1.21. The number of hydrogen-bond acceptors (Lipinski definition) is 6. The minimum Gasteiger partial charge on any atom is -0.414 e. The van der Waals surface area contributed by atoms with Gasteiger partial charge in [-0.05, 0) is 6.92 Å². The molecule has 0 radical (unpaired) electrons. The average molecular weight is 279 g/mol. The number of thioether (sulfide) groups is 1. The second kappa shape index (κ2) is 4.96. The molecule has 0 aromatic carbocycles. The van der Waals surface area contributed by atoms with Crippen LogP contribution in [0.3, 0.4) is 0 Å². The van der Waals surface area contributed by atoms with Gasteiger partial charge >= 0.3 is 6.18 Å². The van der Waals surface area contributed by atoms with Gasteiger partial charge in [0.15, 0.2) is 0 Å². The van der Waals surface area contributed by atoms with Gasteiger partial charge in [-0.15, -0.1) is 10.2 Å². The predicted octanol–water partition coefficient (Wildman–Crippen LogP) is 1.75. The van der Waals surface area contributed by atoms with Crippen molar-refractivity contribution in [2.45, 2.75) is 30.1 Å². The third kappa shape index (κ3) is 3.22. The van der Waals surface area contributed by atoms with Gasteiger partial charge in [0.2, 0.25) is 5.89 Å². The van der Waals surface area contributed by atoms with E-state index >= 15 is 0 Å². The molecule has 0 bridgehead atoms. The summed E-state index contributed by atoms with van der Waals surface area (Å²) in [6, 6.07) is 0. The van der Waals surface area contributed by atoms with Crippen LogP contribution in [-0.2, 0) is 6.54 Å². The number of aromatic nitrogens is 5. The van der Waals surface area contributed by atoms with Crippen LogP contribution in [0.15, 0.2) is 22.3 Å². The van der Waals surface area contributed by atoms with Gasteiger partial charge in [0.1, 0.15) is 24.4 Å². The van der Waals surface area contributed by atoms with Crippen molar-refractivity contribution >= 4 is 11.8 Å². The van der Waals surface area contributed by atoms with E-state index in [9.17, 15) is 13.2 Å². The predicted molar refractivity (Wildman–Crippen MR) is 54.8 cm³/mol. The van der Waals surface area contributed by atoms with E-state index in [0.717, 1.165) is 6.92 Å². The number of hydrogen-bond donors (Lipinski definition) is 0. The summed E-state index contributed by atoms with van der Waals surface area (Å²) in [4.78, 5) is 3.71. The lowest BCUT2D eigenvalue weighted by Gasteiger charge is -2.11. The Bertz CT molecular complexity index is 497. The highest BCUT2D eigenvalue weighted by Gasteiger charge is 2.37. The van der Waals surface area contributed by atoms with E-state index in [-0.39, 0.29) is 17.7 Å². The molecule has 2 rings (SSSR count). The molecule has 2 heterocycles. The molecule has 6 nitrogen and oxygen atoms in total. The van der Waals surface area contributed by atoms with Crippen LogP contribution in [0, 0.1) is 0 Å². The minimum absolute atomic E-state index is 0.116. The van der Waals surface area contributed by atoms with E-state index in [4.69, 9.17) is 4.42 Å². The van der Waals surface area contributed by atoms with E-state index in [1.165, 1.54) is 17.3 Å². The van der Waals surface area contributed by atoms with Crippen molar-refractivity contribution in [1.82, 2.24) is 25.0 Å². The highest BCUT2D eigenvalue weighted by atomic mass is 32.2. The fourth-order valence-corrected chi connectivity index (χ4v) is 1.69. The van der Waals surface area contributed by atoms with E-state index in [1.54, 1.807) is 0 Å². The molecular weight excluding hydrogens is 271 g/mol. The Labute approximate surface area is 104 Å². The number of nitrogens with zero attached hydrogens (tertiary/aromatic N) is 5. The first kappa shape index (κ1) is 12.9. The van der Waals surface area contributed by atoms with Gasteiger partial charge < -0.3 is 4.42 Å². The summed E-state index contributed by atoms with van der Waals surface area (Å²) in [5.74, 6) is 0.178. The van der Waals surface area contributed by atoms with E-state index in [1.807, 2.05) is 0 Å². The van der Waals surface area contributed by atoms with Crippen LogP contribution < -0.4 is 0 Å². The first-order valence-electron chi connectivity index (χ1n) is 4.83. The van der Waals surface area contributed by atoms with Gasteiger partial charge in [-0.1, -0.05) is 11.8 Å². The van der Waals surface area contributed by atoms with Crippen molar-refractivity contribution in [3.05, 3.63) is 18.5 Å². The number of alkyl halides is 3.